The van der Waals surface area contributed by atoms with Crippen LogP contribution in [0.25, 0.3) is 0 Å². The molecular weight excluding hydrogens is 453 g/mol. The number of carbonyl (C=O) groups excluding carboxylic acids is 2. The first-order valence-electron chi connectivity index (χ1n) is 10.9. The average molecular weight is 483 g/mol. The van der Waals surface area contributed by atoms with Crippen LogP contribution in [0.4, 0.5) is 23.9 Å². The van der Waals surface area contributed by atoms with Crippen molar-refractivity contribution in [1.29, 1.82) is 0 Å². The van der Waals surface area contributed by atoms with E-state index >= 15 is 0 Å². The van der Waals surface area contributed by atoms with Crippen LogP contribution in [0.2, 0.25) is 0 Å². The number of primary amides is 1. The van der Waals surface area contributed by atoms with Crippen LogP contribution < -0.4 is 10.6 Å². The maximum absolute atomic E-state index is 12.9. The highest BCUT2D eigenvalue weighted by Gasteiger charge is 2.32. The van der Waals surface area contributed by atoms with Crippen molar-refractivity contribution >= 4 is 17.9 Å². The van der Waals surface area contributed by atoms with Crippen molar-refractivity contribution in [2.24, 2.45) is 11.1 Å². The van der Waals surface area contributed by atoms with Gasteiger partial charge in [0, 0.05) is 51.0 Å². The Morgan fingerprint density at radius 1 is 1.12 bits per heavy atom. The molecule has 1 fully saturated rings. The summed E-state index contributed by atoms with van der Waals surface area (Å²) in [6.07, 6.45) is -0.181. The molecule has 0 aliphatic carbocycles. The standard InChI is InChI=1S/C22H29F3N6O3/c1-21(2,3)10-17(34-19(26)33)14-29-5-4-15(13-29)18(32)30-6-8-31(9-7-30)20-27-11-16(12-28-20)22(23,24)25/h4-5,11-13,17H,6-10,14H2,1-3H3,(H2,26,33). The van der Waals surface area contributed by atoms with Gasteiger partial charge in [-0.1, -0.05) is 20.8 Å². The van der Waals surface area contributed by atoms with Crippen molar-refractivity contribution in [2.45, 2.75) is 46.0 Å². The van der Waals surface area contributed by atoms with Gasteiger partial charge < -0.3 is 24.8 Å². The fourth-order valence-corrected chi connectivity index (χ4v) is 3.83. The van der Waals surface area contributed by atoms with Crippen molar-refractivity contribution in [3.05, 3.63) is 42.0 Å². The van der Waals surface area contributed by atoms with E-state index in [1.807, 2.05) is 20.8 Å². The number of hydrogen-bond donors (Lipinski definition) is 1. The largest absolute Gasteiger partial charge is 0.444 e. The molecule has 2 N–H and O–H groups in total. The van der Waals surface area contributed by atoms with E-state index < -0.39 is 23.9 Å². The summed E-state index contributed by atoms with van der Waals surface area (Å²) in [6.45, 7) is 8.03. The third kappa shape index (κ3) is 6.84. The first-order chi connectivity index (χ1) is 15.8. The van der Waals surface area contributed by atoms with Crippen molar-refractivity contribution in [3.8, 4) is 0 Å². The van der Waals surface area contributed by atoms with Crippen LogP contribution in [-0.2, 0) is 17.5 Å². The molecule has 1 aliphatic rings. The molecule has 2 amide bonds. The molecule has 1 aliphatic heterocycles. The first kappa shape index (κ1) is 25.3. The molecule has 186 valence electrons. The number of nitrogens with two attached hydrogens (primary N) is 1. The molecule has 3 rings (SSSR count). The van der Waals surface area contributed by atoms with E-state index in [9.17, 15) is 22.8 Å². The van der Waals surface area contributed by atoms with Gasteiger partial charge >= 0.3 is 12.3 Å². The fraction of sp³-hybridized carbons (Fsp3) is 0.545. The number of amides is 2. The highest BCUT2D eigenvalue weighted by molar-refractivity contribution is 5.94. The number of hydrogen-bond acceptors (Lipinski definition) is 6. The zero-order chi connectivity index (χ0) is 25.1. The van der Waals surface area contributed by atoms with Crippen LogP contribution in [-0.4, -0.2) is 63.7 Å². The number of anilines is 1. The maximum atomic E-state index is 12.9. The molecule has 0 saturated carbocycles. The molecule has 0 bridgehead atoms. The predicted molar refractivity (Wildman–Crippen MR) is 118 cm³/mol. The van der Waals surface area contributed by atoms with E-state index in [1.165, 1.54) is 0 Å². The molecule has 1 saturated heterocycles. The number of piperazine rings is 1. The van der Waals surface area contributed by atoms with Crippen LogP contribution in [0.1, 0.15) is 43.1 Å². The molecular formula is C22H29F3N6O3. The molecule has 34 heavy (non-hydrogen) atoms. The number of nitrogens with zero attached hydrogens (tertiary/aromatic N) is 5. The Morgan fingerprint density at radius 3 is 2.26 bits per heavy atom. The summed E-state index contributed by atoms with van der Waals surface area (Å²) >= 11 is 0. The number of aromatic nitrogens is 3. The number of ether oxygens (including phenoxy) is 1. The molecule has 12 heteroatoms. The van der Waals surface area contributed by atoms with E-state index in [4.69, 9.17) is 10.5 Å². The van der Waals surface area contributed by atoms with Gasteiger partial charge in [0.05, 0.1) is 17.7 Å². The van der Waals surface area contributed by atoms with Crippen molar-refractivity contribution in [3.63, 3.8) is 0 Å². The first-order valence-corrected chi connectivity index (χ1v) is 10.9. The van der Waals surface area contributed by atoms with Gasteiger partial charge in [-0.25, -0.2) is 14.8 Å². The van der Waals surface area contributed by atoms with Crippen LogP contribution in [0.3, 0.4) is 0 Å². The number of carbonyl (C=O) groups is 2. The monoisotopic (exact) mass is 482 g/mol. The molecule has 0 aromatic carbocycles. The maximum Gasteiger partial charge on any atom is 0.419 e. The van der Waals surface area contributed by atoms with Crippen molar-refractivity contribution in [1.82, 2.24) is 19.4 Å². The minimum atomic E-state index is -4.49. The molecule has 0 radical (unpaired) electrons. The molecule has 0 spiro atoms. The lowest BCUT2D eigenvalue weighted by Gasteiger charge is -2.34. The Morgan fingerprint density at radius 2 is 1.74 bits per heavy atom. The Labute approximate surface area is 195 Å². The van der Waals surface area contributed by atoms with Crippen LogP contribution in [0.15, 0.2) is 30.9 Å². The van der Waals surface area contributed by atoms with Crippen molar-refractivity contribution in [2.75, 3.05) is 31.1 Å². The van der Waals surface area contributed by atoms with E-state index in [0.29, 0.717) is 44.7 Å². The van der Waals surface area contributed by atoms with Crippen LogP contribution in [0.5, 0.6) is 0 Å². The van der Waals surface area contributed by atoms with Gasteiger partial charge in [-0.15, -0.1) is 0 Å². The highest BCUT2D eigenvalue weighted by Crippen LogP contribution is 2.28. The Balaban J connectivity index is 1.58. The summed E-state index contributed by atoms with van der Waals surface area (Å²) in [7, 11) is 0. The van der Waals surface area contributed by atoms with Crippen molar-refractivity contribution < 1.29 is 27.5 Å². The average Bonchev–Trinajstić information content (AvgIpc) is 3.19. The summed E-state index contributed by atoms with van der Waals surface area (Å²) in [4.78, 5) is 35.2. The smallest absolute Gasteiger partial charge is 0.419 e. The molecule has 2 aromatic heterocycles. The summed E-state index contributed by atoms with van der Waals surface area (Å²) in [6, 6.07) is 1.70. The van der Waals surface area contributed by atoms with Crippen LogP contribution in [0, 0.1) is 5.41 Å². The van der Waals surface area contributed by atoms with Gasteiger partial charge in [0.1, 0.15) is 6.10 Å². The summed E-state index contributed by atoms with van der Waals surface area (Å²) in [5.41, 5.74) is 4.71. The summed E-state index contributed by atoms with van der Waals surface area (Å²) < 4.78 is 45.1. The topological polar surface area (TPSA) is 107 Å². The number of alkyl halides is 3. The van der Waals surface area contributed by atoms with Gasteiger partial charge in [-0.2, -0.15) is 13.2 Å². The van der Waals surface area contributed by atoms with Gasteiger partial charge in [0.15, 0.2) is 0 Å². The summed E-state index contributed by atoms with van der Waals surface area (Å²) in [5, 5.41) is 0. The molecule has 1 atom stereocenters. The van der Waals surface area contributed by atoms with E-state index in [-0.39, 0.29) is 17.3 Å². The molecule has 2 aromatic rings. The molecule has 1 unspecified atom stereocenters. The molecule has 9 nitrogen and oxygen atoms in total. The zero-order valence-corrected chi connectivity index (χ0v) is 19.4. The van der Waals surface area contributed by atoms with Gasteiger partial charge in [0.25, 0.3) is 5.91 Å². The highest BCUT2D eigenvalue weighted by atomic mass is 19.4. The normalized spacial score (nSPS) is 15.8. The second kappa shape index (κ2) is 9.90. The lowest BCUT2D eigenvalue weighted by Crippen LogP contribution is -2.49. The molecule has 3 heterocycles. The SMILES string of the molecule is CC(C)(C)CC(Cn1ccc(C(=O)N2CCN(c3ncc(C(F)(F)F)cn3)CC2)c1)OC(N)=O. The predicted octanol–water partition coefficient (Wildman–Crippen LogP) is 3.16. The number of rotatable bonds is 6. The second-order valence-corrected chi connectivity index (χ2v) is 9.47. The van der Waals surface area contributed by atoms with Gasteiger partial charge in [-0.3, -0.25) is 4.79 Å². The Kier molecular flexibility index (Phi) is 7.37. The zero-order valence-electron chi connectivity index (χ0n) is 19.4. The Hall–Kier alpha value is -3.31. The van der Waals surface area contributed by atoms with Gasteiger partial charge in [0.2, 0.25) is 5.95 Å². The lowest BCUT2D eigenvalue weighted by atomic mass is 9.89. The third-order valence-corrected chi connectivity index (χ3v) is 5.35. The minimum absolute atomic E-state index is 0.0810. The third-order valence-electron chi connectivity index (χ3n) is 5.35. The van der Waals surface area contributed by atoms with Crippen LogP contribution >= 0.6 is 0 Å². The quantitative estimate of drug-likeness (QED) is 0.678. The number of halogens is 3. The fourth-order valence-electron chi connectivity index (χ4n) is 3.83. The summed E-state index contributed by atoms with van der Waals surface area (Å²) in [5.74, 6) is 0.0421. The second-order valence-electron chi connectivity index (χ2n) is 9.47. The lowest BCUT2D eigenvalue weighted by molar-refractivity contribution is -0.138. The van der Waals surface area contributed by atoms with E-state index in [1.54, 1.807) is 32.8 Å². The Bertz CT molecular complexity index is 993. The van der Waals surface area contributed by atoms with E-state index in [0.717, 1.165) is 12.4 Å². The van der Waals surface area contributed by atoms with E-state index in [2.05, 4.69) is 9.97 Å². The van der Waals surface area contributed by atoms with Gasteiger partial charge in [-0.05, 0) is 17.9 Å². The minimum Gasteiger partial charge on any atom is -0.444 e.